The van der Waals surface area contributed by atoms with Crippen LogP contribution in [0, 0.1) is 5.82 Å². The van der Waals surface area contributed by atoms with E-state index >= 15 is 0 Å². The summed E-state index contributed by atoms with van der Waals surface area (Å²) in [5.74, 6) is 0.584. The van der Waals surface area contributed by atoms with Crippen molar-refractivity contribution in [1.82, 2.24) is 9.55 Å². The van der Waals surface area contributed by atoms with Crippen molar-refractivity contribution in [3.8, 4) is 0 Å². The van der Waals surface area contributed by atoms with Gasteiger partial charge in [0.15, 0.2) is 0 Å². The predicted molar refractivity (Wildman–Crippen MR) is 58.5 cm³/mol. The standard InChI is InChI=1S/C12H11FN2/c1-15-9-8-14-12(15)7-6-10-4-2-3-5-11(10)13/h2-9H,1H3/b7-6+. The highest BCUT2D eigenvalue weighted by atomic mass is 19.1. The largest absolute Gasteiger partial charge is 0.335 e. The SMILES string of the molecule is Cn1ccnc1/C=C/c1ccccc1F. The lowest BCUT2D eigenvalue weighted by Gasteiger charge is -1.96. The molecule has 76 valence electrons. The summed E-state index contributed by atoms with van der Waals surface area (Å²) < 4.78 is 15.1. The van der Waals surface area contributed by atoms with Crippen LogP contribution in [0.5, 0.6) is 0 Å². The van der Waals surface area contributed by atoms with Crippen LogP contribution >= 0.6 is 0 Å². The van der Waals surface area contributed by atoms with Gasteiger partial charge in [-0.2, -0.15) is 0 Å². The van der Waals surface area contributed by atoms with Crippen molar-refractivity contribution in [3.05, 3.63) is 53.9 Å². The molecule has 0 unspecified atom stereocenters. The van der Waals surface area contributed by atoms with E-state index in [0.29, 0.717) is 5.56 Å². The number of nitrogens with zero attached hydrogens (tertiary/aromatic N) is 2. The van der Waals surface area contributed by atoms with Gasteiger partial charge in [0.25, 0.3) is 0 Å². The Morgan fingerprint density at radius 2 is 2.07 bits per heavy atom. The Bertz CT molecular complexity index is 486. The van der Waals surface area contributed by atoms with Gasteiger partial charge in [-0.15, -0.1) is 0 Å². The molecule has 0 N–H and O–H groups in total. The van der Waals surface area contributed by atoms with Crippen LogP contribution < -0.4 is 0 Å². The van der Waals surface area contributed by atoms with Crippen molar-refractivity contribution >= 4 is 12.2 Å². The number of hydrogen-bond donors (Lipinski definition) is 0. The van der Waals surface area contributed by atoms with Gasteiger partial charge in [0.1, 0.15) is 11.6 Å². The normalized spacial score (nSPS) is 11.1. The van der Waals surface area contributed by atoms with Gasteiger partial charge >= 0.3 is 0 Å². The van der Waals surface area contributed by atoms with Crippen LogP contribution in [0.2, 0.25) is 0 Å². The number of aryl methyl sites for hydroxylation is 1. The quantitative estimate of drug-likeness (QED) is 0.732. The number of hydrogen-bond acceptors (Lipinski definition) is 1. The molecule has 2 aromatic rings. The molecule has 0 fully saturated rings. The highest BCUT2D eigenvalue weighted by Gasteiger charge is 1.96. The number of halogens is 1. The van der Waals surface area contributed by atoms with E-state index in [0.717, 1.165) is 5.82 Å². The number of benzene rings is 1. The van der Waals surface area contributed by atoms with E-state index in [2.05, 4.69) is 4.98 Å². The molecule has 15 heavy (non-hydrogen) atoms. The molecule has 3 heteroatoms. The second kappa shape index (κ2) is 4.09. The van der Waals surface area contributed by atoms with E-state index in [1.807, 2.05) is 17.8 Å². The minimum Gasteiger partial charge on any atom is -0.335 e. The summed E-state index contributed by atoms with van der Waals surface area (Å²) in [4.78, 5) is 4.11. The summed E-state index contributed by atoms with van der Waals surface area (Å²) in [6.07, 6.45) is 7.07. The average molecular weight is 202 g/mol. The van der Waals surface area contributed by atoms with Crippen LogP contribution in [0.25, 0.3) is 12.2 Å². The molecule has 0 amide bonds. The third-order valence-electron chi connectivity index (χ3n) is 2.18. The Labute approximate surface area is 87.7 Å². The summed E-state index contributed by atoms with van der Waals surface area (Å²) >= 11 is 0. The molecule has 0 radical (unpaired) electrons. The van der Waals surface area contributed by atoms with Crippen LogP contribution in [0.15, 0.2) is 36.7 Å². The van der Waals surface area contributed by atoms with Crippen molar-refractivity contribution in [2.24, 2.45) is 7.05 Å². The van der Waals surface area contributed by atoms with Crippen LogP contribution in [-0.4, -0.2) is 9.55 Å². The van der Waals surface area contributed by atoms with Crippen LogP contribution in [0.1, 0.15) is 11.4 Å². The van der Waals surface area contributed by atoms with E-state index < -0.39 is 0 Å². The monoisotopic (exact) mass is 202 g/mol. The third kappa shape index (κ3) is 2.13. The minimum atomic E-state index is -0.219. The van der Waals surface area contributed by atoms with Gasteiger partial charge in [-0.3, -0.25) is 0 Å². The fraction of sp³-hybridized carbons (Fsp3) is 0.0833. The lowest BCUT2D eigenvalue weighted by Crippen LogP contribution is -1.89. The maximum absolute atomic E-state index is 13.2. The van der Waals surface area contributed by atoms with Gasteiger partial charge in [0.05, 0.1) is 0 Å². The molecular formula is C12H11FN2. The third-order valence-corrected chi connectivity index (χ3v) is 2.18. The zero-order chi connectivity index (χ0) is 10.7. The summed E-state index contributed by atoms with van der Waals surface area (Å²) in [6, 6.07) is 6.65. The second-order valence-corrected chi connectivity index (χ2v) is 3.25. The van der Waals surface area contributed by atoms with Crippen molar-refractivity contribution < 1.29 is 4.39 Å². The van der Waals surface area contributed by atoms with Crippen LogP contribution in [0.3, 0.4) is 0 Å². The van der Waals surface area contributed by atoms with Crippen LogP contribution in [0.4, 0.5) is 4.39 Å². The Morgan fingerprint density at radius 1 is 1.27 bits per heavy atom. The van der Waals surface area contributed by atoms with E-state index in [1.165, 1.54) is 6.07 Å². The smallest absolute Gasteiger partial charge is 0.132 e. The number of aromatic nitrogens is 2. The minimum absolute atomic E-state index is 0.219. The molecule has 0 spiro atoms. The first-order valence-electron chi connectivity index (χ1n) is 4.67. The molecule has 1 aromatic heterocycles. The summed E-state index contributed by atoms with van der Waals surface area (Å²) in [5.41, 5.74) is 0.570. The highest BCUT2D eigenvalue weighted by Crippen LogP contribution is 2.10. The van der Waals surface area contributed by atoms with Gasteiger partial charge in [-0.05, 0) is 18.2 Å². The van der Waals surface area contributed by atoms with Crippen molar-refractivity contribution in [2.45, 2.75) is 0 Å². The molecule has 0 aliphatic carbocycles. The summed E-state index contributed by atoms with van der Waals surface area (Å²) in [7, 11) is 1.90. The zero-order valence-electron chi connectivity index (χ0n) is 8.39. The molecule has 0 saturated carbocycles. The maximum Gasteiger partial charge on any atom is 0.132 e. The highest BCUT2D eigenvalue weighted by molar-refractivity contribution is 5.66. The molecule has 0 saturated heterocycles. The zero-order valence-corrected chi connectivity index (χ0v) is 8.39. The fourth-order valence-corrected chi connectivity index (χ4v) is 1.31. The lowest BCUT2D eigenvalue weighted by atomic mass is 10.2. The maximum atomic E-state index is 13.2. The predicted octanol–water partition coefficient (Wildman–Crippen LogP) is 2.73. The molecule has 0 aliphatic rings. The Morgan fingerprint density at radius 3 is 2.73 bits per heavy atom. The molecule has 1 heterocycles. The van der Waals surface area contributed by atoms with E-state index in [1.54, 1.807) is 36.5 Å². The average Bonchev–Trinajstić information content (AvgIpc) is 2.63. The lowest BCUT2D eigenvalue weighted by molar-refractivity contribution is 0.625. The molecule has 1 aromatic carbocycles. The first-order chi connectivity index (χ1) is 7.27. The Balaban J connectivity index is 2.26. The number of rotatable bonds is 2. The van der Waals surface area contributed by atoms with E-state index in [9.17, 15) is 4.39 Å². The van der Waals surface area contributed by atoms with Gasteiger partial charge in [-0.25, -0.2) is 9.37 Å². The Hall–Kier alpha value is -1.90. The second-order valence-electron chi connectivity index (χ2n) is 3.25. The molecule has 2 rings (SSSR count). The summed E-state index contributed by atoms with van der Waals surface area (Å²) in [6.45, 7) is 0. The molecule has 2 nitrogen and oxygen atoms in total. The Kier molecular flexibility index (Phi) is 2.63. The van der Waals surface area contributed by atoms with E-state index in [4.69, 9.17) is 0 Å². The van der Waals surface area contributed by atoms with Crippen molar-refractivity contribution in [3.63, 3.8) is 0 Å². The fourth-order valence-electron chi connectivity index (χ4n) is 1.31. The topological polar surface area (TPSA) is 17.8 Å². The molecule has 0 atom stereocenters. The van der Waals surface area contributed by atoms with Gasteiger partial charge in [0.2, 0.25) is 0 Å². The molecule has 0 aliphatic heterocycles. The summed E-state index contributed by atoms with van der Waals surface area (Å²) in [5, 5.41) is 0. The van der Waals surface area contributed by atoms with Gasteiger partial charge in [0, 0.05) is 25.0 Å². The molecular weight excluding hydrogens is 191 g/mol. The van der Waals surface area contributed by atoms with E-state index in [-0.39, 0.29) is 5.82 Å². The van der Waals surface area contributed by atoms with Gasteiger partial charge in [-0.1, -0.05) is 18.2 Å². The van der Waals surface area contributed by atoms with Gasteiger partial charge < -0.3 is 4.57 Å². The van der Waals surface area contributed by atoms with Crippen molar-refractivity contribution in [1.29, 1.82) is 0 Å². The van der Waals surface area contributed by atoms with Crippen LogP contribution in [-0.2, 0) is 7.05 Å². The van der Waals surface area contributed by atoms with Crippen molar-refractivity contribution in [2.75, 3.05) is 0 Å². The molecule has 0 bridgehead atoms. The first kappa shape index (κ1) is 9.65. The first-order valence-corrected chi connectivity index (χ1v) is 4.67. The number of imidazole rings is 1.